The zero-order chi connectivity index (χ0) is 27.1. The van der Waals surface area contributed by atoms with Crippen LogP contribution >= 0.6 is 39.3 Å². The molecule has 2 amide bonds. The van der Waals surface area contributed by atoms with Gasteiger partial charge in [0.15, 0.2) is 23.0 Å². The molecule has 3 aromatic rings. The van der Waals surface area contributed by atoms with Crippen molar-refractivity contribution in [2.24, 2.45) is 0 Å². The van der Waals surface area contributed by atoms with E-state index in [0.29, 0.717) is 49.6 Å². The average molecular weight is 619 g/mol. The van der Waals surface area contributed by atoms with Gasteiger partial charge in [0, 0.05) is 10.6 Å². The van der Waals surface area contributed by atoms with Crippen molar-refractivity contribution in [1.82, 2.24) is 4.90 Å². The Morgan fingerprint density at radius 1 is 0.974 bits per heavy atom. The summed E-state index contributed by atoms with van der Waals surface area (Å²) in [5, 5.41) is 0.260. The maximum Gasteiger partial charge on any atom is 0.293 e. The van der Waals surface area contributed by atoms with Crippen LogP contribution < -0.4 is 18.9 Å². The predicted octanol–water partition coefficient (Wildman–Crippen LogP) is 7.20. The van der Waals surface area contributed by atoms with E-state index in [1.807, 2.05) is 43.3 Å². The van der Waals surface area contributed by atoms with E-state index in [4.69, 9.17) is 30.5 Å². The third kappa shape index (κ3) is 6.64. The molecule has 1 aliphatic heterocycles. The monoisotopic (exact) mass is 617 g/mol. The summed E-state index contributed by atoms with van der Waals surface area (Å²) in [6, 6.07) is 18.2. The predicted molar refractivity (Wildman–Crippen MR) is 152 cm³/mol. The van der Waals surface area contributed by atoms with Crippen LogP contribution in [-0.2, 0) is 11.4 Å². The highest BCUT2D eigenvalue weighted by Crippen LogP contribution is 2.40. The number of carbonyl (C=O) groups excluding carboxylic acids is 2. The largest absolute Gasteiger partial charge is 0.493 e. The molecule has 1 heterocycles. The standard InChI is InChI=1S/C28H25BrClNO6S/c1-3-35-24-15-18(14-20(29)26(24)37-17-19-8-4-5-9-21(19)30)16-25-27(32)31(28(33)38-25)12-13-36-23-11-7-6-10-22(23)34-2/h4-11,14-16H,3,12-13,17H2,1-2H3/b25-16-. The molecule has 0 spiro atoms. The molecule has 38 heavy (non-hydrogen) atoms. The Hall–Kier alpha value is -3.14. The average Bonchev–Trinajstić information content (AvgIpc) is 3.17. The number of benzene rings is 3. The maximum atomic E-state index is 13.0. The molecule has 10 heteroatoms. The zero-order valence-electron chi connectivity index (χ0n) is 20.7. The Morgan fingerprint density at radius 3 is 2.45 bits per heavy atom. The van der Waals surface area contributed by atoms with E-state index in [1.54, 1.807) is 37.5 Å². The lowest BCUT2D eigenvalue weighted by Crippen LogP contribution is -2.32. The number of amides is 2. The Kier molecular flexibility index (Phi) is 9.60. The number of halogens is 2. The normalized spacial score (nSPS) is 14.2. The zero-order valence-corrected chi connectivity index (χ0v) is 23.9. The first-order chi connectivity index (χ1) is 18.4. The molecule has 0 aliphatic carbocycles. The van der Waals surface area contributed by atoms with E-state index in [9.17, 15) is 9.59 Å². The molecule has 1 fully saturated rings. The molecular weight excluding hydrogens is 594 g/mol. The van der Waals surface area contributed by atoms with Gasteiger partial charge in [-0.05, 0) is 76.6 Å². The molecule has 1 aliphatic rings. The van der Waals surface area contributed by atoms with Gasteiger partial charge in [-0.2, -0.15) is 0 Å². The molecule has 0 bridgehead atoms. The third-order valence-electron chi connectivity index (χ3n) is 5.47. The summed E-state index contributed by atoms with van der Waals surface area (Å²) < 4.78 is 23.5. The topological polar surface area (TPSA) is 74.3 Å². The lowest BCUT2D eigenvalue weighted by atomic mass is 10.1. The fraction of sp³-hybridized carbons (Fsp3) is 0.214. The van der Waals surface area contributed by atoms with Gasteiger partial charge in [-0.15, -0.1) is 0 Å². The highest BCUT2D eigenvalue weighted by atomic mass is 79.9. The van der Waals surface area contributed by atoms with Gasteiger partial charge < -0.3 is 18.9 Å². The summed E-state index contributed by atoms with van der Waals surface area (Å²) in [5.41, 5.74) is 1.53. The minimum absolute atomic E-state index is 0.114. The second-order valence-electron chi connectivity index (χ2n) is 7.98. The van der Waals surface area contributed by atoms with Crippen molar-refractivity contribution in [3.05, 3.63) is 86.2 Å². The Labute approximate surface area is 238 Å². The van der Waals surface area contributed by atoms with Gasteiger partial charge in [0.1, 0.15) is 13.2 Å². The summed E-state index contributed by atoms with van der Waals surface area (Å²) in [4.78, 5) is 27.0. The van der Waals surface area contributed by atoms with Crippen molar-refractivity contribution in [2.45, 2.75) is 13.5 Å². The third-order valence-corrected chi connectivity index (χ3v) is 7.34. The smallest absolute Gasteiger partial charge is 0.293 e. The minimum Gasteiger partial charge on any atom is -0.493 e. The number of methoxy groups -OCH3 is 1. The van der Waals surface area contributed by atoms with E-state index in [0.717, 1.165) is 17.3 Å². The molecule has 0 atom stereocenters. The molecule has 0 N–H and O–H groups in total. The lowest BCUT2D eigenvalue weighted by molar-refractivity contribution is -0.123. The van der Waals surface area contributed by atoms with Gasteiger partial charge in [-0.1, -0.05) is 41.9 Å². The van der Waals surface area contributed by atoms with Crippen LogP contribution in [0, 0.1) is 0 Å². The number of ether oxygens (including phenoxy) is 4. The van der Waals surface area contributed by atoms with Crippen LogP contribution in [0.4, 0.5) is 4.79 Å². The molecule has 7 nitrogen and oxygen atoms in total. The van der Waals surface area contributed by atoms with Crippen LogP contribution in [0.25, 0.3) is 6.08 Å². The van der Waals surface area contributed by atoms with Crippen molar-refractivity contribution >= 4 is 56.5 Å². The molecule has 0 unspecified atom stereocenters. The summed E-state index contributed by atoms with van der Waals surface area (Å²) >= 11 is 10.7. The number of thioether (sulfide) groups is 1. The van der Waals surface area contributed by atoms with E-state index in [2.05, 4.69) is 15.9 Å². The number of hydrogen-bond donors (Lipinski definition) is 0. The molecule has 0 radical (unpaired) electrons. The number of imide groups is 1. The van der Waals surface area contributed by atoms with E-state index >= 15 is 0 Å². The molecule has 4 rings (SSSR count). The fourth-order valence-corrected chi connectivity index (χ4v) is 5.30. The van der Waals surface area contributed by atoms with Crippen LogP contribution in [0.3, 0.4) is 0 Å². The van der Waals surface area contributed by atoms with Crippen molar-refractivity contribution in [1.29, 1.82) is 0 Å². The molecule has 1 saturated heterocycles. The lowest BCUT2D eigenvalue weighted by Gasteiger charge is -2.15. The first kappa shape index (κ1) is 27.9. The van der Waals surface area contributed by atoms with Gasteiger partial charge in [0.05, 0.1) is 29.6 Å². The van der Waals surface area contributed by atoms with Crippen molar-refractivity contribution in [3.63, 3.8) is 0 Å². The number of hydrogen-bond acceptors (Lipinski definition) is 7. The second-order valence-corrected chi connectivity index (χ2v) is 10.2. The summed E-state index contributed by atoms with van der Waals surface area (Å²) in [6.07, 6.45) is 1.66. The minimum atomic E-state index is -0.378. The van der Waals surface area contributed by atoms with Crippen LogP contribution in [0.15, 0.2) is 70.0 Å². The van der Waals surface area contributed by atoms with Gasteiger partial charge in [0.2, 0.25) is 0 Å². The van der Waals surface area contributed by atoms with E-state index in [1.165, 1.54) is 4.90 Å². The maximum absolute atomic E-state index is 13.0. The number of rotatable bonds is 11. The quantitative estimate of drug-likeness (QED) is 0.210. The highest BCUT2D eigenvalue weighted by molar-refractivity contribution is 9.10. The second kappa shape index (κ2) is 13.1. The van der Waals surface area contributed by atoms with Gasteiger partial charge >= 0.3 is 0 Å². The fourth-order valence-electron chi connectivity index (χ4n) is 3.67. The summed E-state index contributed by atoms with van der Waals surface area (Å²) in [7, 11) is 1.55. The van der Waals surface area contributed by atoms with Gasteiger partial charge in [0.25, 0.3) is 11.1 Å². The Morgan fingerprint density at radius 2 is 1.71 bits per heavy atom. The van der Waals surface area contributed by atoms with Crippen LogP contribution in [-0.4, -0.2) is 42.9 Å². The van der Waals surface area contributed by atoms with E-state index in [-0.39, 0.29) is 30.9 Å². The Bertz CT molecular complexity index is 1360. The Balaban J connectivity index is 1.47. The molecule has 0 saturated carbocycles. The highest BCUT2D eigenvalue weighted by Gasteiger charge is 2.35. The van der Waals surface area contributed by atoms with Crippen LogP contribution in [0.1, 0.15) is 18.1 Å². The van der Waals surface area contributed by atoms with Crippen LogP contribution in [0.2, 0.25) is 5.02 Å². The SMILES string of the molecule is CCOc1cc(/C=C2\SC(=O)N(CCOc3ccccc3OC)C2=O)cc(Br)c1OCc1ccccc1Cl. The first-order valence-corrected chi connectivity index (χ1v) is 13.7. The molecular formula is C28H25BrClNO6S. The first-order valence-electron chi connectivity index (χ1n) is 11.7. The number of nitrogens with zero attached hydrogens (tertiary/aromatic N) is 1. The van der Waals surface area contributed by atoms with Crippen LogP contribution in [0.5, 0.6) is 23.0 Å². The summed E-state index contributed by atoms with van der Waals surface area (Å²) in [6.45, 7) is 2.80. The van der Waals surface area contributed by atoms with Crippen molar-refractivity contribution in [2.75, 3.05) is 26.9 Å². The molecule has 0 aromatic heterocycles. The molecule has 3 aromatic carbocycles. The van der Waals surface area contributed by atoms with Crippen molar-refractivity contribution < 1.29 is 28.5 Å². The number of para-hydroxylation sites is 2. The van der Waals surface area contributed by atoms with E-state index < -0.39 is 0 Å². The number of carbonyl (C=O) groups is 2. The summed E-state index contributed by atoms with van der Waals surface area (Å²) in [5.74, 6) is 1.77. The van der Waals surface area contributed by atoms with Gasteiger partial charge in [-0.3, -0.25) is 14.5 Å². The molecule has 198 valence electrons. The van der Waals surface area contributed by atoms with Crippen molar-refractivity contribution in [3.8, 4) is 23.0 Å². The van der Waals surface area contributed by atoms with Gasteiger partial charge in [-0.25, -0.2) is 0 Å².